The predicted molar refractivity (Wildman–Crippen MR) is 68.1 cm³/mol. The fourth-order valence-electron chi connectivity index (χ4n) is 1.39. The van der Waals surface area contributed by atoms with Gasteiger partial charge in [-0.1, -0.05) is 19.9 Å². The monoisotopic (exact) mass is 280 g/mol. The molecule has 4 heteroatoms. The summed E-state index contributed by atoms with van der Waals surface area (Å²) in [5.74, 6) is 1.04. The molecule has 3 nitrogen and oxygen atoms in total. The number of hydrogen-bond acceptors (Lipinski definition) is 3. The van der Waals surface area contributed by atoms with E-state index < -0.39 is 0 Å². The molecule has 0 aliphatic rings. The Morgan fingerprint density at radius 2 is 2.12 bits per heavy atom. The molecule has 0 saturated heterocycles. The summed E-state index contributed by atoms with van der Waals surface area (Å²) >= 11 is 3.36. The van der Waals surface area contributed by atoms with Crippen molar-refractivity contribution >= 4 is 21.6 Å². The maximum atomic E-state index is 5.82. The predicted octanol–water partition coefficient (Wildman–Crippen LogP) is 3.81. The summed E-state index contributed by atoms with van der Waals surface area (Å²) in [4.78, 5) is 4.41. The Morgan fingerprint density at radius 1 is 1.38 bits per heavy atom. The van der Waals surface area contributed by atoms with Crippen LogP contribution in [0.2, 0.25) is 0 Å². The lowest BCUT2D eigenvalue weighted by Gasteiger charge is -2.00. The van der Waals surface area contributed by atoms with Gasteiger partial charge in [-0.15, -0.1) is 0 Å². The molecule has 1 aromatic heterocycles. The molecule has 0 aliphatic heterocycles. The molecule has 0 fully saturated rings. The van der Waals surface area contributed by atoms with Gasteiger partial charge < -0.3 is 10.2 Å². The third kappa shape index (κ3) is 2.11. The molecule has 2 N–H and O–H groups in total. The summed E-state index contributed by atoms with van der Waals surface area (Å²) in [5, 5.41) is 0. The van der Waals surface area contributed by atoms with Crippen molar-refractivity contribution in [2.75, 3.05) is 5.73 Å². The van der Waals surface area contributed by atoms with Crippen LogP contribution in [0.1, 0.15) is 25.7 Å². The molecule has 1 heterocycles. The second-order valence-electron chi connectivity index (χ2n) is 3.96. The molecule has 2 aromatic rings. The second-order valence-corrected chi connectivity index (χ2v) is 4.82. The topological polar surface area (TPSA) is 52.0 Å². The van der Waals surface area contributed by atoms with Gasteiger partial charge in [-0.05, 0) is 28.1 Å². The largest absolute Gasteiger partial charge is 0.448 e. The van der Waals surface area contributed by atoms with Gasteiger partial charge in [0.1, 0.15) is 12.0 Å². The van der Waals surface area contributed by atoms with E-state index in [0.29, 0.717) is 11.6 Å². The van der Waals surface area contributed by atoms with Gasteiger partial charge in [-0.25, -0.2) is 4.98 Å². The number of nitrogens with two attached hydrogens (primary N) is 1. The van der Waals surface area contributed by atoms with Crippen molar-refractivity contribution in [2.45, 2.75) is 19.8 Å². The molecule has 0 unspecified atom stereocenters. The number of benzene rings is 1. The Hall–Kier alpha value is -1.29. The lowest BCUT2D eigenvalue weighted by molar-refractivity contribution is 0.471. The standard InChI is InChI=1S/C12H13BrN2O/c1-7(2)12-15-11(6-16-12)8-3-4-9(13)10(14)5-8/h3-7H,14H2,1-2H3. The molecule has 16 heavy (non-hydrogen) atoms. The number of aromatic nitrogens is 1. The van der Waals surface area contributed by atoms with E-state index >= 15 is 0 Å². The molecule has 0 radical (unpaired) electrons. The summed E-state index contributed by atoms with van der Waals surface area (Å²) in [6.07, 6.45) is 1.66. The number of nitrogen functional groups attached to an aromatic ring is 1. The van der Waals surface area contributed by atoms with Crippen LogP contribution in [0.15, 0.2) is 33.4 Å². The van der Waals surface area contributed by atoms with Crippen LogP contribution in [-0.4, -0.2) is 4.98 Å². The summed E-state index contributed by atoms with van der Waals surface area (Å²) in [7, 11) is 0. The van der Waals surface area contributed by atoms with Crippen LogP contribution in [0.5, 0.6) is 0 Å². The minimum atomic E-state index is 0.293. The van der Waals surface area contributed by atoms with E-state index in [1.807, 2.05) is 32.0 Å². The lowest BCUT2D eigenvalue weighted by Crippen LogP contribution is -1.89. The van der Waals surface area contributed by atoms with Gasteiger partial charge in [0.2, 0.25) is 0 Å². The highest BCUT2D eigenvalue weighted by Crippen LogP contribution is 2.27. The molecule has 0 bridgehead atoms. The van der Waals surface area contributed by atoms with Crippen LogP contribution in [-0.2, 0) is 0 Å². The Labute approximate surface area is 103 Å². The molecule has 1 aromatic carbocycles. The summed E-state index contributed by atoms with van der Waals surface area (Å²) in [6.45, 7) is 4.09. The normalized spacial score (nSPS) is 11.0. The summed E-state index contributed by atoms with van der Waals surface area (Å²) in [5.41, 5.74) is 8.31. The minimum Gasteiger partial charge on any atom is -0.448 e. The van der Waals surface area contributed by atoms with Crippen LogP contribution < -0.4 is 5.73 Å². The van der Waals surface area contributed by atoms with Crippen molar-refractivity contribution in [1.29, 1.82) is 0 Å². The highest BCUT2D eigenvalue weighted by Gasteiger charge is 2.09. The molecule has 0 saturated carbocycles. The van der Waals surface area contributed by atoms with Crippen LogP contribution in [0.4, 0.5) is 5.69 Å². The van der Waals surface area contributed by atoms with Gasteiger partial charge in [0.15, 0.2) is 5.89 Å². The molecular formula is C12H13BrN2O. The zero-order chi connectivity index (χ0) is 11.7. The second kappa shape index (κ2) is 4.29. The van der Waals surface area contributed by atoms with E-state index in [-0.39, 0.29) is 0 Å². The summed E-state index contributed by atoms with van der Waals surface area (Å²) in [6, 6.07) is 5.75. The van der Waals surface area contributed by atoms with Crippen molar-refractivity contribution < 1.29 is 4.42 Å². The van der Waals surface area contributed by atoms with Crippen LogP contribution in [0, 0.1) is 0 Å². The number of oxazole rings is 1. The van der Waals surface area contributed by atoms with Gasteiger partial charge in [-0.2, -0.15) is 0 Å². The molecule has 0 spiro atoms. The lowest BCUT2D eigenvalue weighted by atomic mass is 10.1. The number of anilines is 1. The highest BCUT2D eigenvalue weighted by molar-refractivity contribution is 9.10. The first-order valence-corrected chi connectivity index (χ1v) is 5.88. The molecular weight excluding hydrogens is 268 g/mol. The molecule has 0 amide bonds. The first kappa shape index (κ1) is 11.2. The van der Waals surface area contributed by atoms with E-state index in [4.69, 9.17) is 10.2 Å². The van der Waals surface area contributed by atoms with Crippen molar-refractivity contribution in [1.82, 2.24) is 4.98 Å². The van der Waals surface area contributed by atoms with E-state index in [0.717, 1.165) is 21.6 Å². The van der Waals surface area contributed by atoms with Crippen molar-refractivity contribution in [2.24, 2.45) is 0 Å². The summed E-state index contributed by atoms with van der Waals surface area (Å²) < 4.78 is 6.28. The van der Waals surface area contributed by atoms with Crippen molar-refractivity contribution in [3.05, 3.63) is 34.8 Å². The van der Waals surface area contributed by atoms with Gasteiger partial charge in [0.05, 0.1) is 0 Å². The van der Waals surface area contributed by atoms with E-state index in [9.17, 15) is 0 Å². The smallest absolute Gasteiger partial charge is 0.197 e. The highest BCUT2D eigenvalue weighted by atomic mass is 79.9. The van der Waals surface area contributed by atoms with E-state index in [1.165, 1.54) is 0 Å². The quantitative estimate of drug-likeness (QED) is 0.851. The third-order valence-corrected chi connectivity index (χ3v) is 3.03. The maximum Gasteiger partial charge on any atom is 0.197 e. The third-order valence-electron chi connectivity index (χ3n) is 2.31. The average Bonchev–Trinajstić information content (AvgIpc) is 2.71. The number of hydrogen-bond donors (Lipinski definition) is 1. The Morgan fingerprint density at radius 3 is 2.69 bits per heavy atom. The molecule has 2 rings (SSSR count). The SMILES string of the molecule is CC(C)c1nc(-c2ccc(Br)c(N)c2)co1. The van der Waals surface area contributed by atoms with Crippen molar-refractivity contribution in [3.8, 4) is 11.3 Å². The van der Waals surface area contributed by atoms with Gasteiger partial charge >= 0.3 is 0 Å². The average molecular weight is 281 g/mol. The van der Waals surface area contributed by atoms with Crippen LogP contribution in [0.3, 0.4) is 0 Å². The van der Waals surface area contributed by atoms with Crippen LogP contribution in [0.25, 0.3) is 11.3 Å². The zero-order valence-corrected chi connectivity index (χ0v) is 10.8. The Bertz CT molecular complexity index is 505. The van der Waals surface area contributed by atoms with E-state index in [1.54, 1.807) is 6.26 Å². The zero-order valence-electron chi connectivity index (χ0n) is 9.20. The first-order chi connectivity index (χ1) is 7.58. The fraction of sp³-hybridized carbons (Fsp3) is 0.250. The molecule has 0 aliphatic carbocycles. The molecule has 0 atom stereocenters. The molecule has 84 valence electrons. The fourth-order valence-corrected chi connectivity index (χ4v) is 1.64. The van der Waals surface area contributed by atoms with Crippen LogP contribution >= 0.6 is 15.9 Å². The number of rotatable bonds is 2. The number of nitrogens with zero attached hydrogens (tertiary/aromatic N) is 1. The van der Waals surface area contributed by atoms with Gasteiger partial charge in [0, 0.05) is 21.6 Å². The van der Waals surface area contributed by atoms with Crippen molar-refractivity contribution in [3.63, 3.8) is 0 Å². The minimum absolute atomic E-state index is 0.293. The first-order valence-electron chi connectivity index (χ1n) is 5.08. The maximum absolute atomic E-state index is 5.82. The van der Waals surface area contributed by atoms with E-state index in [2.05, 4.69) is 20.9 Å². The number of halogens is 1. The Balaban J connectivity index is 2.39. The van der Waals surface area contributed by atoms with Gasteiger partial charge in [-0.3, -0.25) is 0 Å². The van der Waals surface area contributed by atoms with Gasteiger partial charge in [0.25, 0.3) is 0 Å². The Kier molecular flexibility index (Phi) is 3.01.